The number of carbonyl (C=O) groups is 2. The molecule has 2 aromatic carbocycles. The second-order valence-electron chi connectivity index (χ2n) is 6.05. The molecule has 0 radical (unpaired) electrons. The standard InChI is InChI=1S/C20H23NO3/c1-14-9-15(2)11-18(10-14)13-24-20(23)19(21-16(3)22)12-17-7-5-4-6-8-17/h4-11,19H,12-13H2,1-3H3,(H,21,22). The molecule has 0 heterocycles. The molecule has 0 aromatic heterocycles. The van der Waals surface area contributed by atoms with Crippen molar-refractivity contribution in [2.24, 2.45) is 0 Å². The summed E-state index contributed by atoms with van der Waals surface area (Å²) in [6.07, 6.45) is 0.409. The zero-order chi connectivity index (χ0) is 17.5. The van der Waals surface area contributed by atoms with Crippen molar-refractivity contribution >= 4 is 11.9 Å². The Morgan fingerprint density at radius 3 is 2.21 bits per heavy atom. The quantitative estimate of drug-likeness (QED) is 0.830. The molecule has 0 fully saturated rings. The van der Waals surface area contributed by atoms with Gasteiger partial charge in [-0.15, -0.1) is 0 Å². The molecule has 0 spiro atoms. The highest BCUT2D eigenvalue weighted by Crippen LogP contribution is 2.11. The van der Waals surface area contributed by atoms with Gasteiger partial charge in [0, 0.05) is 13.3 Å². The summed E-state index contributed by atoms with van der Waals surface area (Å²) in [5.41, 5.74) is 4.18. The third-order valence-electron chi connectivity index (χ3n) is 3.61. The number of nitrogens with one attached hydrogen (secondary N) is 1. The van der Waals surface area contributed by atoms with E-state index in [1.807, 2.05) is 56.3 Å². The molecular formula is C20H23NO3. The summed E-state index contributed by atoms with van der Waals surface area (Å²) in [6, 6.07) is 14.9. The predicted octanol–water partition coefficient (Wildman–Crippen LogP) is 3.09. The van der Waals surface area contributed by atoms with Crippen LogP contribution in [0.4, 0.5) is 0 Å². The number of rotatable bonds is 6. The SMILES string of the molecule is CC(=O)NC(Cc1ccccc1)C(=O)OCc1cc(C)cc(C)c1. The molecule has 0 bridgehead atoms. The summed E-state index contributed by atoms with van der Waals surface area (Å²) in [7, 11) is 0. The van der Waals surface area contributed by atoms with Crippen molar-refractivity contribution in [1.82, 2.24) is 5.32 Å². The molecular weight excluding hydrogens is 302 g/mol. The monoisotopic (exact) mass is 325 g/mol. The van der Waals surface area contributed by atoms with E-state index in [1.54, 1.807) is 0 Å². The fourth-order valence-corrected chi connectivity index (χ4v) is 2.70. The second-order valence-corrected chi connectivity index (χ2v) is 6.05. The predicted molar refractivity (Wildman–Crippen MR) is 93.5 cm³/mol. The van der Waals surface area contributed by atoms with Crippen molar-refractivity contribution in [3.05, 3.63) is 70.8 Å². The Bertz CT molecular complexity index is 690. The van der Waals surface area contributed by atoms with Crippen LogP contribution < -0.4 is 5.32 Å². The Hall–Kier alpha value is -2.62. The molecule has 1 atom stereocenters. The van der Waals surface area contributed by atoms with Gasteiger partial charge in [0.25, 0.3) is 0 Å². The largest absolute Gasteiger partial charge is 0.459 e. The van der Waals surface area contributed by atoms with Gasteiger partial charge < -0.3 is 10.1 Å². The van der Waals surface area contributed by atoms with E-state index in [9.17, 15) is 9.59 Å². The highest BCUT2D eigenvalue weighted by atomic mass is 16.5. The van der Waals surface area contributed by atoms with Gasteiger partial charge in [-0.2, -0.15) is 0 Å². The van der Waals surface area contributed by atoms with Crippen molar-refractivity contribution in [2.75, 3.05) is 0 Å². The van der Waals surface area contributed by atoms with Gasteiger partial charge in [-0.25, -0.2) is 4.79 Å². The molecule has 126 valence electrons. The fourth-order valence-electron chi connectivity index (χ4n) is 2.70. The summed E-state index contributed by atoms with van der Waals surface area (Å²) in [5.74, 6) is -0.674. The maximum Gasteiger partial charge on any atom is 0.329 e. The maximum absolute atomic E-state index is 12.4. The second kappa shape index (κ2) is 8.29. The molecule has 0 aliphatic rings. The van der Waals surface area contributed by atoms with Crippen LogP contribution in [0.5, 0.6) is 0 Å². The molecule has 1 N–H and O–H groups in total. The Balaban J connectivity index is 2.02. The van der Waals surface area contributed by atoms with Crippen LogP contribution >= 0.6 is 0 Å². The molecule has 2 aromatic rings. The van der Waals surface area contributed by atoms with Gasteiger partial charge in [-0.1, -0.05) is 59.7 Å². The number of benzene rings is 2. The maximum atomic E-state index is 12.4. The molecule has 0 aliphatic carbocycles. The first-order valence-electron chi connectivity index (χ1n) is 7.99. The number of esters is 1. The first-order valence-corrected chi connectivity index (χ1v) is 7.99. The number of amides is 1. The highest BCUT2D eigenvalue weighted by molar-refractivity contribution is 5.83. The average Bonchev–Trinajstić information content (AvgIpc) is 2.51. The number of aryl methyl sites for hydroxylation is 2. The smallest absolute Gasteiger partial charge is 0.329 e. The number of hydrogen-bond acceptors (Lipinski definition) is 3. The van der Waals surface area contributed by atoms with Gasteiger partial charge in [0.05, 0.1) is 0 Å². The Morgan fingerprint density at radius 1 is 1.00 bits per heavy atom. The van der Waals surface area contributed by atoms with Gasteiger partial charge in [0.15, 0.2) is 0 Å². The third kappa shape index (κ3) is 5.54. The average molecular weight is 325 g/mol. The third-order valence-corrected chi connectivity index (χ3v) is 3.61. The summed E-state index contributed by atoms with van der Waals surface area (Å²) in [5, 5.41) is 2.67. The van der Waals surface area contributed by atoms with Crippen LogP contribution in [0.2, 0.25) is 0 Å². The lowest BCUT2D eigenvalue weighted by atomic mass is 10.1. The van der Waals surface area contributed by atoms with Crippen LogP contribution in [0.1, 0.15) is 29.2 Å². The first-order chi connectivity index (χ1) is 11.4. The number of ether oxygens (including phenoxy) is 1. The minimum absolute atomic E-state index is 0.201. The van der Waals surface area contributed by atoms with Gasteiger partial charge in [-0.05, 0) is 25.0 Å². The fraction of sp³-hybridized carbons (Fsp3) is 0.300. The molecule has 0 aliphatic heterocycles. The number of carbonyl (C=O) groups excluding carboxylic acids is 2. The zero-order valence-electron chi connectivity index (χ0n) is 14.3. The van der Waals surface area contributed by atoms with Crippen LogP contribution in [0.25, 0.3) is 0 Å². The van der Waals surface area contributed by atoms with Gasteiger partial charge in [0.1, 0.15) is 12.6 Å². The topological polar surface area (TPSA) is 55.4 Å². The van der Waals surface area contributed by atoms with Crippen molar-refractivity contribution in [3.8, 4) is 0 Å². The van der Waals surface area contributed by atoms with Crippen molar-refractivity contribution < 1.29 is 14.3 Å². The lowest BCUT2D eigenvalue weighted by Gasteiger charge is -2.17. The molecule has 0 saturated heterocycles. The Labute approximate surface area is 142 Å². The van der Waals surface area contributed by atoms with E-state index in [0.717, 1.165) is 22.3 Å². The van der Waals surface area contributed by atoms with E-state index in [2.05, 4.69) is 11.4 Å². The van der Waals surface area contributed by atoms with E-state index >= 15 is 0 Å². The molecule has 2 rings (SSSR count). The minimum Gasteiger partial charge on any atom is -0.459 e. The summed E-state index contributed by atoms with van der Waals surface area (Å²) < 4.78 is 5.42. The van der Waals surface area contributed by atoms with Crippen LogP contribution in [0.15, 0.2) is 48.5 Å². The number of hydrogen-bond donors (Lipinski definition) is 1. The van der Waals surface area contributed by atoms with E-state index < -0.39 is 12.0 Å². The van der Waals surface area contributed by atoms with Crippen LogP contribution in [-0.2, 0) is 27.4 Å². The van der Waals surface area contributed by atoms with E-state index in [1.165, 1.54) is 6.92 Å². The van der Waals surface area contributed by atoms with Gasteiger partial charge in [0.2, 0.25) is 5.91 Å². The van der Waals surface area contributed by atoms with E-state index in [0.29, 0.717) is 6.42 Å². The van der Waals surface area contributed by atoms with Gasteiger partial charge >= 0.3 is 5.97 Å². The van der Waals surface area contributed by atoms with Crippen LogP contribution in [0.3, 0.4) is 0 Å². The normalized spacial score (nSPS) is 11.6. The minimum atomic E-state index is -0.684. The molecule has 24 heavy (non-hydrogen) atoms. The van der Waals surface area contributed by atoms with E-state index in [4.69, 9.17) is 4.74 Å². The van der Waals surface area contributed by atoms with Crippen molar-refractivity contribution in [2.45, 2.75) is 39.8 Å². The molecule has 4 heteroatoms. The molecule has 1 amide bonds. The van der Waals surface area contributed by atoms with Gasteiger partial charge in [-0.3, -0.25) is 4.79 Å². The summed E-state index contributed by atoms with van der Waals surface area (Å²) >= 11 is 0. The highest BCUT2D eigenvalue weighted by Gasteiger charge is 2.21. The van der Waals surface area contributed by atoms with Crippen LogP contribution in [-0.4, -0.2) is 17.9 Å². The summed E-state index contributed by atoms with van der Waals surface area (Å²) in [6.45, 7) is 5.61. The molecule has 0 saturated carbocycles. The zero-order valence-corrected chi connectivity index (χ0v) is 14.3. The summed E-state index contributed by atoms with van der Waals surface area (Å²) in [4.78, 5) is 23.8. The Morgan fingerprint density at radius 2 is 1.62 bits per heavy atom. The molecule has 1 unspecified atom stereocenters. The lowest BCUT2D eigenvalue weighted by Crippen LogP contribution is -2.42. The van der Waals surface area contributed by atoms with E-state index in [-0.39, 0.29) is 12.5 Å². The lowest BCUT2D eigenvalue weighted by molar-refractivity contribution is -0.149. The van der Waals surface area contributed by atoms with Crippen molar-refractivity contribution in [1.29, 1.82) is 0 Å². The van der Waals surface area contributed by atoms with Crippen molar-refractivity contribution in [3.63, 3.8) is 0 Å². The Kier molecular flexibility index (Phi) is 6.13. The van der Waals surface area contributed by atoms with Crippen LogP contribution in [0, 0.1) is 13.8 Å². The first kappa shape index (κ1) is 17.7. The molecule has 4 nitrogen and oxygen atoms in total.